The molecule has 2 aliphatic heterocycles. The van der Waals surface area contributed by atoms with Crippen LogP contribution in [-0.2, 0) is 14.3 Å². The molecule has 10 aliphatic rings. The van der Waals surface area contributed by atoms with Gasteiger partial charge in [0.15, 0.2) is 6.29 Å². The second kappa shape index (κ2) is 2.90. The fourth-order valence-corrected chi connectivity index (χ4v) is 12.3. The number of aliphatic hydroxyl groups excluding tert-OH is 1. The van der Waals surface area contributed by atoms with Crippen LogP contribution in [0.4, 0.5) is 0 Å². The lowest BCUT2D eigenvalue weighted by Crippen LogP contribution is -2.72. The number of carbonyl (C=O) groups is 1. The highest BCUT2D eigenvalue weighted by atomic mass is 16.6. The van der Waals surface area contributed by atoms with Gasteiger partial charge in [-0.15, -0.1) is 0 Å². The van der Waals surface area contributed by atoms with Gasteiger partial charge in [0.05, 0.1) is 11.5 Å². The minimum Gasteiger partial charge on any atom is -0.462 e. The summed E-state index contributed by atoms with van der Waals surface area (Å²) in [6.45, 7) is 0. The smallest absolute Gasteiger partial charge is 0.313 e. The van der Waals surface area contributed by atoms with Crippen molar-refractivity contribution in [3.05, 3.63) is 0 Å². The maximum atomic E-state index is 13.6. The van der Waals surface area contributed by atoms with Gasteiger partial charge < -0.3 is 14.6 Å². The summed E-state index contributed by atoms with van der Waals surface area (Å²) in [6.07, 6.45) is 4.37. The maximum absolute atomic E-state index is 13.6. The van der Waals surface area contributed by atoms with E-state index in [4.69, 9.17) is 9.47 Å². The molecule has 8 bridgehead atoms. The molecule has 0 aromatic rings. The Morgan fingerprint density at radius 1 is 0.833 bits per heavy atom. The highest BCUT2D eigenvalue weighted by molar-refractivity contribution is 5.85. The van der Waals surface area contributed by atoms with E-state index in [1.165, 1.54) is 12.8 Å². The molecule has 10 fully saturated rings. The van der Waals surface area contributed by atoms with E-state index >= 15 is 0 Å². The first-order valence-electron chi connectivity index (χ1n) is 10.3. The molecule has 2 heterocycles. The fourth-order valence-electron chi connectivity index (χ4n) is 12.3. The first kappa shape index (κ1) is 11.9. The van der Waals surface area contributed by atoms with Crippen molar-refractivity contribution in [1.82, 2.24) is 0 Å². The molecule has 0 unspecified atom stereocenters. The Kier molecular flexibility index (Phi) is 1.44. The van der Waals surface area contributed by atoms with Crippen molar-refractivity contribution in [2.45, 2.75) is 44.2 Å². The predicted octanol–water partition coefficient (Wildman–Crippen LogP) is 1.42. The largest absolute Gasteiger partial charge is 0.462 e. The van der Waals surface area contributed by atoms with Crippen LogP contribution in [0, 0.1) is 70.0 Å². The number of hydrogen-bond donors (Lipinski definition) is 1. The molecular formula is C20H22O4. The lowest BCUT2D eigenvalue weighted by molar-refractivity contribution is -0.335. The second-order valence-corrected chi connectivity index (χ2v) is 10.7. The summed E-state index contributed by atoms with van der Waals surface area (Å²) in [4.78, 5) is 13.6. The molecule has 1 N–H and O–H groups in total. The molecule has 10 rings (SSSR count). The number of aliphatic hydroxyl groups is 1. The van der Waals surface area contributed by atoms with E-state index in [1.807, 2.05) is 0 Å². The van der Waals surface area contributed by atoms with Crippen LogP contribution in [0.5, 0.6) is 0 Å². The Bertz CT molecular complexity index is 747. The van der Waals surface area contributed by atoms with Gasteiger partial charge >= 0.3 is 5.97 Å². The second-order valence-electron chi connectivity index (χ2n) is 10.7. The number of esters is 1. The number of ether oxygens (including phenoxy) is 2. The Morgan fingerprint density at radius 3 is 2.42 bits per heavy atom. The zero-order chi connectivity index (χ0) is 15.3. The summed E-state index contributed by atoms with van der Waals surface area (Å²) >= 11 is 0. The average Bonchev–Trinajstić information content (AvgIpc) is 3.34. The van der Waals surface area contributed by atoms with E-state index in [1.54, 1.807) is 0 Å². The number of carbonyl (C=O) groups excluding carboxylic acids is 1. The summed E-state index contributed by atoms with van der Waals surface area (Å²) in [5, 5.41) is 11.4. The van der Waals surface area contributed by atoms with Crippen molar-refractivity contribution >= 4 is 5.97 Å². The van der Waals surface area contributed by atoms with Gasteiger partial charge in [0, 0.05) is 11.3 Å². The number of rotatable bonds is 0. The van der Waals surface area contributed by atoms with Crippen molar-refractivity contribution < 1.29 is 19.4 Å². The van der Waals surface area contributed by atoms with Crippen molar-refractivity contribution in [1.29, 1.82) is 0 Å². The van der Waals surface area contributed by atoms with Crippen LogP contribution >= 0.6 is 0 Å². The Hall–Kier alpha value is -0.610. The molecule has 0 aromatic heterocycles. The Labute approximate surface area is 140 Å². The van der Waals surface area contributed by atoms with E-state index in [2.05, 4.69) is 0 Å². The quantitative estimate of drug-likeness (QED) is 0.684. The topological polar surface area (TPSA) is 55.8 Å². The Morgan fingerprint density at radius 2 is 1.54 bits per heavy atom. The SMILES string of the molecule is O=C1O[C@@H]2CC[C@H]3[C@H]2[C@H]2[C@H]4[C@@H]5[C@H]6[C@@H]7CC[C@H]8O[C@H](O)[C@]([C@@H]5[C@@H]78)([C@@H]34)[C@@]126. The van der Waals surface area contributed by atoms with E-state index in [9.17, 15) is 9.90 Å². The van der Waals surface area contributed by atoms with Gasteiger partial charge in [-0.2, -0.15) is 0 Å². The monoisotopic (exact) mass is 326 g/mol. The maximum Gasteiger partial charge on any atom is 0.313 e. The van der Waals surface area contributed by atoms with Gasteiger partial charge in [-0.1, -0.05) is 0 Å². The molecule has 2 saturated heterocycles. The Balaban J connectivity index is 1.44. The summed E-state index contributed by atoms with van der Waals surface area (Å²) in [6, 6.07) is 0. The molecule has 24 heavy (non-hydrogen) atoms. The molecule has 0 radical (unpaired) electrons. The van der Waals surface area contributed by atoms with Crippen LogP contribution in [0.2, 0.25) is 0 Å². The average molecular weight is 326 g/mol. The molecule has 8 saturated carbocycles. The van der Waals surface area contributed by atoms with E-state index < -0.39 is 6.29 Å². The van der Waals surface area contributed by atoms with Gasteiger partial charge in [-0.3, -0.25) is 4.79 Å². The molecule has 15 atom stereocenters. The van der Waals surface area contributed by atoms with Crippen LogP contribution in [0.1, 0.15) is 25.7 Å². The van der Waals surface area contributed by atoms with Gasteiger partial charge in [-0.05, 0) is 78.9 Å². The molecule has 126 valence electrons. The van der Waals surface area contributed by atoms with Gasteiger partial charge in [0.1, 0.15) is 6.10 Å². The van der Waals surface area contributed by atoms with E-state index in [0.29, 0.717) is 59.2 Å². The van der Waals surface area contributed by atoms with Crippen LogP contribution in [0.15, 0.2) is 0 Å². The third kappa shape index (κ3) is 0.680. The summed E-state index contributed by atoms with van der Waals surface area (Å²) in [5.74, 6) is 6.37. The van der Waals surface area contributed by atoms with Crippen molar-refractivity contribution in [2.24, 2.45) is 70.0 Å². The molecule has 2 spiro atoms. The van der Waals surface area contributed by atoms with E-state index in [-0.39, 0.29) is 29.0 Å². The zero-order valence-electron chi connectivity index (χ0n) is 13.5. The lowest BCUT2D eigenvalue weighted by Gasteiger charge is -2.65. The normalized spacial score (nSPS) is 81.9. The molecule has 4 heteroatoms. The third-order valence-corrected chi connectivity index (χ3v) is 11.5. The highest BCUT2D eigenvalue weighted by Gasteiger charge is 3.02. The van der Waals surface area contributed by atoms with Crippen LogP contribution in [0.3, 0.4) is 0 Å². The van der Waals surface area contributed by atoms with Crippen LogP contribution in [0.25, 0.3) is 0 Å². The van der Waals surface area contributed by atoms with E-state index in [0.717, 1.165) is 12.8 Å². The molecule has 0 amide bonds. The summed E-state index contributed by atoms with van der Waals surface area (Å²) in [7, 11) is 0. The first-order chi connectivity index (χ1) is 11.7. The molecular weight excluding hydrogens is 304 g/mol. The minimum absolute atomic E-state index is 0.100. The first-order valence-corrected chi connectivity index (χ1v) is 10.3. The predicted molar refractivity (Wildman–Crippen MR) is 79.0 cm³/mol. The zero-order valence-corrected chi connectivity index (χ0v) is 13.5. The van der Waals surface area contributed by atoms with Gasteiger partial charge in [0.2, 0.25) is 0 Å². The molecule has 0 aromatic carbocycles. The van der Waals surface area contributed by atoms with Crippen LogP contribution in [-0.4, -0.2) is 29.6 Å². The van der Waals surface area contributed by atoms with Gasteiger partial charge in [0.25, 0.3) is 0 Å². The van der Waals surface area contributed by atoms with Gasteiger partial charge in [-0.25, -0.2) is 0 Å². The summed E-state index contributed by atoms with van der Waals surface area (Å²) < 4.78 is 12.4. The van der Waals surface area contributed by atoms with Crippen molar-refractivity contribution in [2.75, 3.05) is 0 Å². The fraction of sp³-hybridized carbons (Fsp3) is 0.950. The van der Waals surface area contributed by atoms with Crippen LogP contribution < -0.4 is 0 Å². The molecule has 4 nitrogen and oxygen atoms in total. The standard InChI is InChI=1S/C20H22O4/c21-17-19-13-5-1-3-7-9(5)15-11(13)12-14(20(15,19)18(22)23-7)6-2-4-8(24-17)10(6)16(12)19/h5-17,21H,1-4H2/t5-,6+,7+,8+,9+,10-,11-,12+,13-,14+,15-,16+,17-,19+,20+/m0/s1. The third-order valence-electron chi connectivity index (χ3n) is 11.5. The summed E-state index contributed by atoms with van der Waals surface area (Å²) in [5.41, 5.74) is -0.608. The van der Waals surface area contributed by atoms with Crippen molar-refractivity contribution in [3.63, 3.8) is 0 Å². The minimum atomic E-state index is -0.707. The van der Waals surface area contributed by atoms with Crippen molar-refractivity contribution in [3.8, 4) is 0 Å². The highest BCUT2D eigenvalue weighted by Crippen LogP contribution is 2.99. The lowest BCUT2D eigenvalue weighted by atomic mass is 9.42. The molecule has 8 aliphatic carbocycles. The number of hydrogen-bond acceptors (Lipinski definition) is 4.